The van der Waals surface area contributed by atoms with Crippen LogP contribution in [0.5, 0.6) is 5.75 Å². The number of aryl methyl sites for hydroxylation is 1. The number of carbonyl (C=O) groups is 1. The zero-order valence-corrected chi connectivity index (χ0v) is 13.9. The maximum Gasteiger partial charge on any atom is 0.176 e. The predicted octanol–water partition coefficient (Wildman–Crippen LogP) is 4.09. The fourth-order valence-electron chi connectivity index (χ4n) is 2.39. The molecule has 21 heavy (non-hydrogen) atoms. The van der Waals surface area contributed by atoms with E-state index < -0.39 is 0 Å². The topological polar surface area (TPSA) is 29.5 Å². The Bertz CT molecular complexity index is 437. The molecule has 0 aliphatic rings. The lowest BCUT2D eigenvalue weighted by Crippen LogP contribution is -2.31. The summed E-state index contributed by atoms with van der Waals surface area (Å²) in [6.45, 7) is 11.6. The highest BCUT2D eigenvalue weighted by Crippen LogP contribution is 2.20. The number of hydrogen-bond acceptors (Lipinski definition) is 3. The summed E-state index contributed by atoms with van der Waals surface area (Å²) in [4.78, 5) is 14.6. The minimum Gasteiger partial charge on any atom is -0.493 e. The first-order chi connectivity index (χ1) is 10.1. The van der Waals surface area contributed by atoms with Crippen molar-refractivity contribution in [3.63, 3.8) is 0 Å². The number of Topliss-reactive ketones (excluding diaryl/α,β-unsaturated/α-hetero) is 1. The second-order valence-corrected chi connectivity index (χ2v) is 5.53. The van der Waals surface area contributed by atoms with E-state index in [0.717, 1.165) is 55.8 Å². The summed E-state index contributed by atoms with van der Waals surface area (Å²) in [5.74, 6) is 1.08. The molecule has 0 bridgehead atoms. The minimum atomic E-state index is 0.196. The fraction of sp³-hybridized carbons (Fsp3) is 0.611. The van der Waals surface area contributed by atoms with Crippen molar-refractivity contribution >= 4 is 5.78 Å². The Hall–Kier alpha value is -1.35. The molecule has 0 amide bonds. The van der Waals surface area contributed by atoms with E-state index >= 15 is 0 Å². The third-order valence-electron chi connectivity index (χ3n) is 3.41. The van der Waals surface area contributed by atoms with Gasteiger partial charge in [0, 0.05) is 5.56 Å². The monoisotopic (exact) mass is 291 g/mol. The summed E-state index contributed by atoms with van der Waals surface area (Å²) in [6, 6.07) is 5.75. The van der Waals surface area contributed by atoms with Gasteiger partial charge in [-0.15, -0.1) is 0 Å². The molecule has 0 aliphatic heterocycles. The molecule has 3 heteroatoms. The van der Waals surface area contributed by atoms with Gasteiger partial charge in [-0.3, -0.25) is 9.69 Å². The van der Waals surface area contributed by atoms with E-state index in [1.165, 1.54) is 0 Å². The second-order valence-electron chi connectivity index (χ2n) is 5.53. The molecule has 0 aromatic heterocycles. The summed E-state index contributed by atoms with van der Waals surface area (Å²) in [5, 5.41) is 0. The first kappa shape index (κ1) is 17.7. The van der Waals surface area contributed by atoms with Crippen LogP contribution in [0.3, 0.4) is 0 Å². The van der Waals surface area contributed by atoms with Crippen LogP contribution in [0.25, 0.3) is 0 Å². The smallest absolute Gasteiger partial charge is 0.176 e. The number of carbonyl (C=O) groups excluding carboxylic acids is 1. The van der Waals surface area contributed by atoms with Crippen LogP contribution >= 0.6 is 0 Å². The largest absolute Gasteiger partial charge is 0.493 e. The molecule has 0 saturated heterocycles. The molecule has 1 aromatic rings. The molecule has 1 aromatic carbocycles. The van der Waals surface area contributed by atoms with Gasteiger partial charge in [0.1, 0.15) is 5.75 Å². The summed E-state index contributed by atoms with van der Waals surface area (Å²) >= 11 is 0. The van der Waals surface area contributed by atoms with Crippen LogP contribution in [-0.4, -0.2) is 36.9 Å². The SMILES string of the molecule is CCCOc1ccc(C(=O)CN(CCC)CCC)cc1C. The van der Waals surface area contributed by atoms with Gasteiger partial charge in [-0.1, -0.05) is 20.8 Å². The first-order valence-corrected chi connectivity index (χ1v) is 8.11. The molecule has 0 radical (unpaired) electrons. The maximum absolute atomic E-state index is 12.4. The molecule has 0 saturated carbocycles. The van der Waals surface area contributed by atoms with Gasteiger partial charge in [-0.05, 0) is 63.0 Å². The number of ether oxygens (including phenoxy) is 1. The Balaban J connectivity index is 2.71. The average molecular weight is 291 g/mol. The molecule has 0 N–H and O–H groups in total. The van der Waals surface area contributed by atoms with Crippen molar-refractivity contribution in [2.24, 2.45) is 0 Å². The Labute approximate surface area is 129 Å². The Kier molecular flexibility index (Phi) is 8.06. The van der Waals surface area contributed by atoms with Gasteiger partial charge in [0.05, 0.1) is 13.2 Å². The normalized spacial score (nSPS) is 10.9. The van der Waals surface area contributed by atoms with Crippen LogP contribution in [0.15, 0.2) is 18.2 Å². The van der Waals surface area contributed by atoms with E-state index in [1.807, 2.05) is 25.1 Å². The highest BCUT2D eigenvalue weighted by atomic mass is 16.5. The Morgan fingerprint density at radius 2 is 1.76 bits per heavy atom. The predicted molar refractivity (Wildman–Crippen MR) is 88.3 cm³/mol. The number of hydrogen-bond donors (Lipinski definition) is 0. The molecular formula is C18H29NO2. The summed E-state index contributed by atoms with van der Waals surface area (Å²) in [5.41, 5.74) is 1.82. The molecule has 0 spiro atoms. The average Bonchev–Trinajstić information content (AvgIpc) is 2.46. The van der Waals surface area contributed by atoms with E-state index in [4.69, 9.17) is 4.74 Å². The third kappa shape index (κ3) is 5.88. The number of ketones is 1. The zero-order chi connectivity index (χ0) is 15.7. The molecule has 0 fully saturated rings. The molecule has 118 valence electrons. The van der Waals surface area contributed by atoms with Crippen molar-refractivity contribution in [2.75, 3.05) is 26.2 Å². The van der Waals surface area contributed by atoms with Crippen LogP contribution in [0.1, 0.15) is 56.0 Å². The molecule has 0 unspecified atom stereocenters. The number of nitrogens with zero attached hydrogens (tertiary/aromatic N) is 1. The van der Waals surface area contributed by atoms with Crippen LogP contribution in [0, 0.1) is 6.92 Å². The van der Waals surface area contributed by atoms with E-state index in [-0.39, 0.29) is 5.78 Å². The first-order valence-electron chi connectivity index (χ1n) is 8.11. The van der Waals surface area contributed by atoms with Crippen molar-refractivity contribution in [1.29, 1.82) is 0 Å². The summed E-state index contributed by atoms with van der Waals surface area (Å²) in [6.07, 6.45) is 3.15. The minimum absolute atomic E-state index is 0.196. The highest BCUT2D eigenvalue weighted by Gasteiger charge is 2.12. The van der Waals surface area contributed by atoms with Crippen molar-refractivity contribution in [1.82, 2.24) is 4.90 Å². The quantitative estimate of drug-likeness (QED) is 0.608. The lowest BCUT2D eigenvalue weighted by atomic mass is 10.1. The zero-order valence-electron chi connectivity index (χ0n) is 13.9. The molecule has 0 atom stereocenters. The van der Waals surface area contributed by atoms with Crippen LogP contribution in [0.2, 0.25) is 0 Å². The molecule has 0 aliphatic carbocycles. The number of benzene rings is 1. The van der Waals surface area contributed by atoms with Crippen molar-refractivity contribution in [3.8, 4) is 5.75 Å². The van der Waals surface area contributed by atoms with Crippen LogP contribution < -0.4 is 4.74 Å². The Morgan fingerprint density at radius 3 is 2.29 bits per heavy atom. The lowest BCUT2D eigenvalue weighted by Gasteiger charge is -2.20. The molecular weight excluding hydrogens is 262 g/mol. The van der Waals surface area contributed by atoms with Crippen LogP contribution in [0.4, 0.5) is 0 Å². The van der Waals surface area contributed by atoms with Gasteiger partial charge in [0.15, 0.2) is 5.78 Å². The maximum atomic E-state index is 12.4. The fourth-order valence-corrected chi connectivity index (χ4v) is 2.39. The molecule has 3 nitrogen and oxygen atoms in total. The van der Waals surface area contributed by atoms with E-state index in [2.05, 4.69) is 25.7 Å². The van der Waals surface area contributed by atoms with Crippen LogP contribution in [-0.2, 0) is 0 Å². The van der Waals surface area contributed by atoms with Gasteiger partial charge in [0.25, 0.3) is 0 Å². The number of rotatable bonds is 10. The summed E-state index contributed by atoms with van der Waals surface area (Å²) < 4.78 is 5.66. The highest BCUT2D eigenvalue weighted by molar-refractivity contribution is 5.97. The van der Waals surface area contributed by atoms with Gasteiger partial charge in [0.2, 0.25) is 0 Å². The second kappa shape index (κ2) is 9.56. The lowest BCUT2D eigenvalue weighted by molar-refractivity contribution is 0.0930. The van der Waals surface area contributed by atoms with Crippen molar-refractivity contribution in [3.05, 3.63) is 29.3 Å². The van der Waals surface area contributed by atoms with E-state index in [9.17, 15) is 4.79 Å². The molecule has 1 rings (SSSR count). The standard InChI is InChI=1S/C18H29NO2/c1-5-10-19(11-6-2)14-17(20)16-8-9-18(15(4)13-16)21-12-7-3/h8-9,13H,5-7,10-12,14H2,1-4H3. The van der Waals surface area contributed by atoms with Gasteiger partial charge in [-0.2, -0.15) is 0 Å². The van der Waals surface area contributed by atoms with Crippen molar-refractivity contribution < 1.29 is 9.53 Å². The third-order valence-corrected chi connectivity index (χ3v) is 3.41. The Morgan fingerprint density at radius 1 is 1.10 bits per heavy atom. The van der Waals surface area contributed by atoms with E-state index in [1.54, 1.807) is 0 Å². The van der Waals surface area contributed by atoms with Gasteiger partial charge < -0.3 is 4.74 Å². The van der Waals surface area contributed by atoms with Gasteiger partial charge >= 0.3 is 0 Å². The van der Waals surface area contributed by atoms with Crippen molar-refractivity contribution in [2.45, 2.75) is 47.0 Å². The van der Waals surface area contributed by atoms with E-state index in [0.29, 0.717) is 6.54 Å². The molecule has 0 heterocycles. The van der Waals surface area contributed by atoms with Gasteiger partial charge in [-0.25, -0.2) is 0 Å². The summed E-state index contributed by atoms with van der Waals surface area (Å²) in [7, 11) is 0.